The van der Waals surface area contributed by atoms with Gasteiger partial charge in [-0.05, 0) is 25.0 Å². The smallest absolute Gasteiger partial charge is 0.167 e. The SMILES string of the molecule is CNc1ccc(OCN2CCCC2)c(F)c1. The molecule has 0 aromatic heterocycles. The number of nitrogens with zero attached hydrogens (tertiary/aromatic N) is 1. The fourth-order valence-corrected chi connectivity index (χ4v) is 1.85. The molecule has 1 aromatic carbocycles. The molecule has 1 aliphatic rings. The Kier molecular flexibility index (Phi) is 3.62. The Morgan fingerprint density at radius 1 is 1.38 bits per heavy atom. The van der Waals surface area contributed by atoms with Crippen LogP contribution in [0.5, 0.6) is 5.75 Å². The van der Waals surface area contributed by atoms with Gasteiger partial charge in [0.2, 0.25) is 0 Å². The van der Waals surface area contributed by atoms with Crippen LogP contribution in [0.15, 0.2) is 18.2 Å². The molecule has 0 unspecified atom stereocenters. The fourth-order valence-electron chi connectivity index (χ4n) is 1.85. The third-order valence-electron chi connectivity index (χ3n) is 2.82. The Bertz CT molecular complexity index is 351. The number of nitrogens with one attached hydrogen (secondary N) is 1. The quantitative estimate of drug-likeness (QED) is 0.849. The minimum absolute atomic E-state index is 0.314. The Labute approximate surface area is 95.2 Å². The van der Waals surface area contributed by atoms with E-state index in [2.05, 4.69) is 10.2 Å². The van der Waals surface area contributed by atoms with Crippen LogP contribution in [0.2, 0.25) is 0 Å². The average Bonchev–Trinajstić information content (AvgIpc) is 2.80. The third kappa shape index (κ3) is 2.64. The van der Waals surface area contributed by atoms with E-state index in [9.17, 15) is 4.39 Å². The Balaban J connectivity index is 1.93. The lowest BCUT2D eigenvalue weighted by molar-refractivity contribution is 0.147. The van der Waals surface area contributed by atoms with Gasteiger partial charge in [0.05, 0.1) is 0 Å². The van der Waals surface area contributed by atoms with Crippen LogP contribution in [0.1, 0.15) is 12.8 Å². The van der Waals surface area contributed by atoms with Gasteiger partial charge in [0, 0.05) is 31.9 Å². The fraction of sp³-hybridized carbons (Fsp3) is 0.500. The number of benzene rings is 1. The van der Waals surface area contributed by atoms with Crippen molar-refractivity contribution in [2.45, 2.75) is 12.8 Å². The van der Waals surface area contributed by atoms with Crippen LogP contribution < -0.4 is 10.1 Å². The van der Waals surface area contributed by atoms with E-state index in [0.29, 0.717) is 12.5 Å². The van der Waals surface area contributed by atoms with E-state index in [1.54, 1.807) is 13.1 Å². The lowest BCUT2D eigenvalue weighted by atomic mass is 10.3. The Morgan fingerprint density at radius 2 is 2.12 bits per heavy atom. The topological polar surface area (TPSA) is 24.5 Å². The van der Waals surface area contributed by atoms with Gasteiger partial charge < -0.3 is 10.1 Å². The third-order valence-corrected chi connectivity index (χ3v) is 2.82. The molecule has 3 nitrogen and oxygen atoms in total. The first-order valence-electron chi connectivity index (χ1n) is 5.62. The molecule has 0 radical (unpaired) electrons. The van der Waals surface area contributed by atoms with Gasteiger partial charge >= 0.3 is 0 Å². The zero-order valence-corrected chi connectivity index (χ0v) is 9.50. The van der Waals surface area contributed by atoms with Crippen molar-refractivity contribution in [2.24, 2.45) is 0 Å². The minimum atomic E-state index is -0.314. The number of hydrogen-bond acceptors (Lipinski definition) is 3. The van der Waals surface area contributed by atoms with Gasteiger partial charge in [0.15, 0.2) is 11.6 Å². The summed E-state index contributed by atoms with van der Waals surface area (Å²) in [6.07, 6.45) is 2.43. The summed E-state index contributed by atoms with van der Waals surface area (Å²) in [5.74, 6) is 0.0111. The van der Waals surface area contributed by atoms with Crippen molar-refractivity contribution in [3.8, 4) is 5.75 Å². The van der Waals surface area contributed by atoms with Gasteiger partial charge in [-0.2, -0.15) is 0 Å². The number of hydrogen-bond donors (Lipinski definition) is 1. The zero-order chi connectivity index (χ0) is 11.4. The molecule has 16 heavy (non-hydrogen) atoms. The van der Waals surface area contributed by atoms with Crippen LogP contribution in [-0.4, -0.2) is 31.8 Å². The van der Waals surface area contributed by atoms with Gasteiger partial charge in [0.25, 0.3) is 0 Å². The van der Waals surface area contributed by atoms with Crippen molar-refractivity contribution in [1.29, 1.82) is 0 Å². The van der Waals surface area contributed by atoms with Gasteiger partial charge in [-0.1, -0.05) is 0 Å². The second-order valence-electron chi connectivity index (χ2n) is 3.99. The zero-order valence-electron chi connectivity index (χ0n) is 9.50. The van der Waals surface area contributed by atoms with Crippen LogP contribution >= 0.6 is 0 Å². The highest BCUT2D eigenvalue weighted by Gasteiger charge is 2.12. The van der Waals surface area contributed by atoms with Gasteiger partial charge in [-0.15, -0.1) is 0 Å². The maximum atomic E-state index is 13.5. The molecule has 0 aliphatic carbocycles. The summed E-state index contributed by atoms with van der Waals surface area (Å²) < 4.78 is 19.0. The Morgan fingerprint density at radius 3 is 2.75 bits per heavy atom. The number of ether oxygens (including phenoxy) is 1. The summed E-state index contributed by atoms with van der Waals surface area (Å²) in [7, 11) is 1.76. The summed E-state index contributed by atoms with van der Waals surface area (Å²) in [6, 6.07) is 4.92. The Hall–Kier alpha value is -1.29. The van der Waals surface area contributed by atoms with Crippen LogP contribution in [0.25, 0.3) is 0 Å². The average molecular weight is 224 g/mol. The van der Waals surface area contributed by atoms with Gasteiger partial charge in [-0.3, -0.25) is 4.90 Å². The highest BCUT2D eigenvalue weighted by atomic mass is 19.1. The summed E-state index contributed by atoms with van der Waals surface area (Å²) in [5, 5.41) is 2.89. The molecule has 0 atom stereocenters. The number of anilines is 1. The van der Waals surface area contributed by atoms with Crippen LogP contribution in [0, 0.1) is 5.82 Å². The predicted molar refractivity (Wildman–Crippen MR) is 62.2 cm³/mol. The molecule has 1 saturated heterocycles. The van der Waals surface area contributed by atoms with Crippen LogP contribution in [-0.2, 0) is 0 Å². The molecule has 0 saturated carbocycles. The van der Waals surface area contributed by atoms with Crippen molar-refractivity contribution < 1.29 is 9.13 Å². The highest BCUT2D eigenvalue weighted by Crippen LogP contribution is 2.21. The first-order valence-corrected chi connectivity index (χ1v) is 5.62. The predicted octanol–water partition coefficient (Wildman–Crippen LogP) is 2.30. The van der Waals surface area contributed by atoms with Crippen LogP contribution in [0.3, 0.4) is 0 Å². The molecular formula is C12H17FN2O. The molecule has 1 fully saturated rings. The van der Waals surface area contributed by atoms with Crippen molar-refractivity contribution in [1.82, 2.24) is 4.90 Å². The minimum Gasteiger partial charge on any atom is -0.475 e. The molecule has 0 bridgehead atoms. The normalized spacial score (nSPS) is 16.4. The van der Waals surface area contributed by atoms with Gasteiger partial charge in [0.1, 0.15) is 6.73 Å². The number of rotatable bonds is 4. The lowest BCUT2D eigenvalue weighted by Gasteiger charge is -2.16. The molecule has 88 valence electrons. The molecule has 1 heterocycles. The van der Waals surface area contributed by atoms with E-state index < -0.39 is 0 Å². The van der Waals surface area contributed by atoms with E-state index in [1.807, 2.05) is 6.07 Å². The standard InChI is InChI=1S/C12H17FN2O/c1-14-10-4-5-12(11(13)8-10)16-9-15-6-2-3-7-15/h4-5,8,14H,2-3,6-7,9H2,1H3. The van der Waals surface area contributed by atoms with Crippen LogP contribution in [0.4, 0.5) is 10.1 Å². The van der Waals surface area contributed by atoms with E-state index in [4.69, 9.17) is 4.74 Å². The molecule has 1 N–H and O–H groups in total. The van der Waals surface area contributed by atoms with Crippen molar-refractivity contribution in [3.63, 3.8) is 0 Å². The van der Waals surface area contributed by atoms with Crippen molar-refractivity contribution in [2.75, 3.05) is 32.2 Å². The molecule has 0 spiro atoms. The number of halogens is 1. The summed E-state index contributed by atoms with van der Waals surface area (Å²) in [4.78, 5) is 2.19. The molecular weight excluding hydrogens is 207 g/mol. The van der Waals surface area contributed by atoms with Crippen molar-refractivity contribution in [3.05, 3.63) is 24.0 Å². The maximum Gasteiger partial charge on any atom is 0.167 e. The molecule has 2 rings (SSSR count). The van der Waals surface area contributed by atoms with Crippen molar-refractivity contribution >= 4 is 5.69 Å². The molecule has 1 aromatic rings. The van der Waals surface area contributed by atoms with Gasteiger partial charge in [-0.25, -0.2) is 4.39 Å². The molecule has 4 heteroatoms. The van der Waals surface area contributed by atoms with E-state index in [1.165, 1.54) is 18.9 Å². The lowest BCUT2D eigenvalue weighted by Crippen LogP contribution is -2.24. The highest BCUT2D eigenvalue weighted by molar-refractivity contribution is 5.46. The molecule has 1 aliphatic heterocycles. The second-order valence-corrected chi connectivity index (χ2v) is 3.99. The van der Waals surface area contributed by atoms with E-state index >= 15 is 0 Å². The monoisotopic (exact) mass is 224 g/mol. The first kappa shape index (κ1) is 11.2. The maximum absolute atomic E-state index is 13.5. The number of likely N-dealkylation sites (tertiary alicyclic amines) is 1. The summed E-state index contributed by atoms with van der Waals surface area (Å²) >= 11 is 0. The molecule has 0 amide bonds. The van der Waals surface area contributed by atoms with E-state index in [-0.39, 0.29) is 5.82 Å². The second kappa shape index (κ2) is 5.16. The first-order chi connectivity index (χ1) is 7.79. The summed E-state index contributed by atoms with van der Waals surface area (Å²) in [6.45, 7) is 2.59. The summed E-state index contributed by atoms with van der Waals surface area (Å²) in [5.41, 5.74) is 0.756. The van der Waals surface area contributed by atoms with E-state index in [0.717, 1.165) is 18.8 Å². The largest absolute Gasteiger partial charge is 0.475 e.